The molecule has 0 spiro atoms. The van der Waals surface area contributed by atoms with E-state index in [1.807, 2.05) is 45.0 Å². The number of carbonyl (C=O) groups excluding carboxylic acids is 3. The number of amides is 2. The molecular weight excluding hydrogens is 642 g/mol. The Morgan fingerprint density at radius 3 is 2.19 bits per heavy atom. The second kappa shape index (κ2) is 20.8. The van der Waals surface area contributed by atoms with Crippen LogP contribution in [0.3, 0.4) is 0 Å². The fourth-order valence-corrected chi connectivity index (χ4v) is 7.57. The van der Waals surface area contributed by atoms with Crippen molar-refractivity contribution in [3.8, 4) is 0 Å². The van der Waals surface area contributed by atoms with Crippen LogP contribution in [-0.4, -0.2) is 68.5 Å². The maximum absolute atomic E-state index is 14.0. The van der Waals surface area contributed by atoms with Gasteiger partial charge in [-0.1, -0.05) is 57.9 Å². The molecule has 2 aromatic rings. The van der Waals surface area contributed by atoms with Crippen molar-refractivity contribution in [3.05, 3.63) is 70.8 Å². The molecule has 0 saturated carbocycles. The predicted molar refractivity (Wildman–Crippen MR) is 183 cm³/mol. The Labute approximate surface area is 283 Å². The van der Waals surface area contributed by atoms with Gasteiger partial charge in [0.1, 0.15) is 23.8 Å². The van der Waals surface area contributed by atoms with Crippen molar-refractivity contribution in [2.24, 2.45) is 5.73 Å². The van der Waals surface area contributed by atoms with Crippen molar-refractivity contribution in [1.29, 1.82) is 0 Å². The maximum Gasteiger partial charge on any atom is 0.330 e. The van der Waals surface area contributed by atoms with Crippen LogP contribution in [0.4, 0.5) is 8.78 Å². The molecule has 13 heteroatoms. The summed E-state index contributed by atoms with van der Waals surface area (Å²) >= 11 is 0. The number of hydrogen-bond donors (Lipinski definition) is 4. The van der Waals surface area contributed by atoms with Gasteiger partial charge in [-0.3, -0.25) is 9.59 Å². The maximum atomic E-state index is 14.0. The molecule has 0 aliphatic carbocycles. The van der Waals surface area contributed by atoms with Crippen LogP contribution in [0.25, 0.3) is 0 Å². The highest BCUT2D eigenvalue weighted by Gasteiger charge is 2.35. The van der Waals surface area contributed by atoms with E-state index in [0.29, 0.717) is 32.2 Å². The Bertz CT molecular complexity index is 1420. The number of nitrogens with two attached hydrogens (primary N) is 1. The third-order valence-electron chi connectivity index (χ3n) is 7.92. The molecule has 0 unspecified atom stereocenters. The Balaban J connectivity index is 2.32. The van der Waals surface area contributed by atoms with E-state index in [9.17, 15) is 31.6 Å². The lowest BCUT2D eigenvalue weighted by molar-refractivity contribution is -0.153. The zero-order valence-electron chi connectivity index (χ0n) is 28.5. The Hall–Kier alpha value is -3.42. The van der Waals surface area contributed by atoms with E-state index >= 15 is 0 Å². The van der Waals surface area contributed by atoms with Crippen LogP contribution < -0.4 is 21.7 Å². The fourth-order valence-electron chi connectivity index (χ4n) is 5.43. The lowest BCUT2D eigenvalue weighted by atomic mass is 10.0. The van der Waals surface area contributed by atoms with Gasteiger partial charge in [-0.15, -0.1) is 0 Å². The molecule has 48 heavy (non-hydrogen) atoms. The summed E-state index contributed by atoms with van der Waals surface area (Å²) in [4.78, 5) is 37.8. The molecule has 0 radical (unpaired) electrons. The summed E-state index contributed by atoms with van der Waals surface area (Å²) in [5.74, 6) is -4.04. The molecule has 10 nitrogen and oxygen atoms in total. The van der Waals surface area contributed by atoms with Crippen LogP contribution >= 0.6 is 0 Å². The molecule has 0 bridgehead atoms. The number of aryl methyl sites for hydroxylation is 1. The summed E-state index contributed by atoms with van der Waals surface area (Å²) in [7, 11) is -3.85. The first-order chi connectivity index (χ1) is 22.8. The molecule has 3 atom stereocenters. The average molecular weight is 695 g/mol. The standard InChI is InChI=1S/C35H52F2N4O6S/c1-5-10-30(11-6-2)48(45,46)23-32(41-34(43)14-9-15-40-24(4)42)35(44)47-33(22-39-21-26-13-8-12-25(7-3)16-26)31(38)19-27-17-28(36)20-29(37)18-27/h8,12-13,16-18,20,30-33,39H,5-7,9-11,14-15,19,21-23,38H2,1-4H3,(H,40,42)(H,41,43)/t31-,32+,33+/m0/s1. The molecule has 2 amide bonds. The quantitative estimate of drug-likeness (QED) is 0.107. The third kappa shape index (κ3) is 14.8. The average Bonchev–Trinajstić information content (AvgIpc) is 3.01. The predicted octanol–water partition coefficient (Wildman–Crippen LogP) is 3.88. The molecule has 0 heterocycles. The molecule has 0 aliphatic heterocycles. The second-order valence-corrected chi connectivity index (χ2v) is 14.5. The van der Waals surface area contributed by atoms with E-state index in [-0.39, 0.29) is 43.8 Å². The van der Waals surface area contributed by atoms with Gasteiger partial charge >= 0.3 is 5.97 Å². The van der Waals surface area contributed by atoms with E-state index in [1.54, 1.807) is 0 Å². The Kier molecular flexibility index (Phi) is 17.7. The Morgan fingerprint density at radius 2 is 1.58 bits per heavy atom. The first-order valence-corrected chi connectivity index (χ1v) is 18.4. The smallest absolute Gasteiger partial charge is 0.330 e. The summed E-state index contributed by atoms with van der Waals surface area (Å²) in [5, 5.41) is 7.66. The minimum atomic E-state index is -3.85. The molecular formula is C35H52F2N4O6S. The van der Waals surface area contributed by atoms with E-state index < -0.39 is 62.5 Å². The third-order valence-corrected chi connectivity index (χ3v) is 10.2. The topological polar surface area (TPSA) is 157 Å². The van der Waals surface area contributed by atoms with Crippen molar-refractivity contribution < 1.29 is 36.3 Å². The van der Waals surface area contributed by atoms with Crippen molar-refractivity contribution in [1.82, 2.24) is 16.0 Å². The molecule has 0 aromatic heterocycles. The number of sulfone groups is 1. The molecule has 268 valence electrons. The summed E-state index contributed by atoms with van der Waals surface area (Å²) in [6.45, 7) is 7.83. The van der Waals surface area contributed by atoms with Crippen LogP contribution in [0.15, 0.2) is 42.5 Å². The number of ether oxygens (including phenoxy) is 1. The molecule has 0 saturated heterocycles. The van der Waals surface area contributed by atoms with Gasteiger partial charge in [0.05, 0.1) is 11.0 Å². The molecule has 0 aliphatic rings. The first kappa shape index (κ1) is 40.8. The minimum Gasteiger partial charge on any atom is -0.458 e. The minimum absolute atomic E-state index is 0.0412. The Morgan fingerprint density at radius 1 is 0.938 bits per heavy atom. The lowest BCUT2D eigenvalue weighted by Crippen LogP contribution is -2.52. The number of halogens is 2. The number of benzene rings is 2. The highest BCUT2D eigenvalue weighted by Crippen LogP contribution is 2.18. The zero-order chi connectivity index (χ0) is 35.7. The number of nitrogens with one attached hydrogen (secondary N) is 3. The molecule has 2 rings (SSSR count). The summed E-state index contributed by atoms with van der Waals surface area (Å²) < 4.78 is 60.8. The van der Waals surface area contributed by atoms with Gasteiger partial charge in [0, 0.05) is 45.1 Å². The van der Waals surface area contributed by atoms with E-state index in [0.717, 1.165) is 35.7 Å². The van der Waals surface area contributed by atoms with Gasteiger partial charge < -0.3 is 26.4 Å². The van der Waals surface area contributed by atoms with Crippen molar-refractivity contribution in [2.75, 3.05) is 18.8 Å². The molecule has 5 N–H and O–H groups in total. The highest BCUT2D eigenvalue weighted by molar-refractivity contribution is 7.92. The zero-order valence-corrected chi connectivity index (χ0v) is 29.3. The largest absolute Gasteiger partial charge is 0.458 e. The molecule has 2 aromatic carbocycles. The summed E-state index contributed by atoms with van der Waals surface area (Å²) in [6, 6.07) is 8.48. The van der Waals surface area contributed by atoms with Gasteiger partial charge in [0.25, 0.3) is 0 Å². The van der Waals surface area contributed by atoms with Crippen LogP contribution in [-0.2, 0) is 48.3 Å². The van der Waals surface area contributed by atoms with Gasteiger partial charge in [-0.2, -0.15) is 0 Å². The fraction of sp³-hybridized carbons (Fsp3) is 0.571. The van der Waals surface area contributed by atoms with Gasteiger partial charge in [0.2, 0.25) is 11.8 Å². The number of esters is 1. The number of rotatable bonds is 22. The van der Waals surface area contributed by atoms with Gasteiger partial charge in [-0.05, 0) is 60.9 Å². The van der Waals surface area contributed by atoms with E-state index in [4.69, 9.17) is 10.5 Å². The van der Waals surface area contributed by atoms with Crippen molar-refractivity contribution >= 4 is 27.6 Å². The first-order valence-electron chi connectivity index (χ1n) is 16.7. The molecule has 0 fully saturated rings. The second-order valence-electron chi connectivity index (χ2n) is 12.2. The van der Waals surface area contributed by atoms with E-state index in [1.165, 1.54) is 6.92 Å². The van der Waals surface area contributed by atoms with Crippen LogP contribution in [0.2, 0.25) is 0 Å². The number of carbonyl (C=O) groups is 3. The summed E-state index contributed by atoms with van der Waals surface area (Å²) in [6.07, 6.45) is 2.02. The van der Waals surface area contributed by atoms with E-state index in [2.05, 4.69) is 16.0 Å². The van der Waals surface area contributed by atoms with Crippen LogP contribution in [0.5, 0.6) is 0 Å². The van der Waals surface area contributed by atoms with Crippen LogP contribution in [0, 0.1) is 11.6 Å². The lowest BCUT2D eigenvalue weighted by Gasteiger charge is -2.28. The van der Waals surface area contributed by atoms with Crippen LogP contribution in [0.1, 0.15) is 82.9 Å². The normalized spacial score (nSPS) is 13.5. The monoisotopic (exact) mass is 694 g/mol. The highest BCUT2D eigenvalue weighted by atomic mass is 32.2. The van der Waals surface area contributed by atoms with Gasteiger partial charge in [0.15, 0.2) is 9.84 Å². The number of hydrogen-bond acceptors (Lipinski definition) is 8. The van der Waals surface area contributed by atoms with Crippen molar-refractivity contribution in [2.45, 2.75) is 109 Å². The SMILES string of the molecule is CCCC(CCC)S(=O)(=O)C[C@@H](NC(=O)CCCNC(C)=O)C(=O)O[C@H](CNCc1cccc(CC)c1)[C@@H](N)Cc1cc(F)cc(F)c1. The van der Waals surface area contributed by atoms with Gasteiger partial charge in [-0.25, -0.2) is 22.0 Å². The summed E-state index contributed by atoms with van der Waals surface area (Å²) in [5.41, 5.74) is 8.86. The van der Waals surface area contributed by atoms with Crippen molar-refractivity contribution in [3.63, 3.8) is 0 Å².